The maximum absolute atomic E-state index is 12.4. The zero-order valence-corrected chi connectivity index (χ0v) is 15.9. The molecule has 0 saturated heterocycles. The Labute approximate surface area is 152 Å². The molecule has 1 aromatic heterocycles. The van der Waals surface area contributed by atoms with Crippen molar-refractivity contribution in [2.24, 2.45) is 0 Å². The number of aryl methyl sites for hydroxylation is 2. The minimum atomic E-state index is 0.0270. The number of anilines is 1. The number of quaternary nitrogens is 1. The predicted octanol–water partition coefficient (Wildman–Crippen LogP) is 3.13. The molecule has 0 spiro atoms. The highest BCUT2D eigenvalue weighted by atomic mass is 32.1. The minimum Gasteiger partial charge on any atom is -0.322 e. The Morgan fingerprint density at radius 2 is 2.00 bits per heavy atom. The zero-order valence-electron chi connectivity index (χ0n) is 15.1. The molecule has 0 radical (unpaired) electrons. The number of fused-ring (bicyclic) bond motifs is 1. The molecule has 3 aromatic rings. The number of hydrogen-bond donors (Lipinski definition) is 2. The van der Waals surface area contributed by atoms with Crippen LogP contribution in [0.3, 0.4) is 0 Å². The number of thiazole rings is 1. The van der Waals surface area contributed by atoms with Gasteiger partial charge in [-0.1, -0.05) is 24.3 Å². The van der Waals surface area contributed by atoms with Crippen molar-refractivity contribution in [2.45, 2.75) is 26.8 Å². The summed E-state index contributed by atoms with van der Waals surface area (Å²) in [7, 11) is 2.04. The molecule has 2 N–H and O–H groups in total. The standard InChI is InChI=1S/C20H23N3OS/c1-13-9-10-14(2)17(11-13)21-19(24)12-23(4)15(3)20-22-16-7-5-6-8-18(16)25-20/h5-11,15H,12H2,1-4H3,(H,21,24)/p+1/t15-/m1/s1. The van der Waals surface area contributed by atoms with Crippen molar-refractivity contribution in [2.75, 3.05) is 18.9 Å². The van der Waals surface area contributed by atoms with E-state index in [-0.39, 0.29) is 11.9 Å². The van der Waals surface area contributed by atoms with Crippen molar-refractivity contribution < 1.29 is 9.69 Å². The Balaban J connectivity index is 1.67. The summed E-state index contributed by atoms with van der Waals surface area (Å²) in [5.74, 6) is 0.0270. The number of nitrogens with zero attached hydrogens (tertiary/aromatic N) is 1. The van der Waals surface area contributed by atoms with Crippen molar-refractivity contribution >= 4 is 33.1 Å². The van der Waals surface area contributed by atoms with Crippen LogP contribution < -0.4 is 10.2 Å². The molecule has 5 heteroatoms. The summed E-state index contributed by atoms with van der Waals surface area (Å²) >= 11 is 1.71. The lowest BCUT2D eigenvalue weighted by molar-refractivity contribution is -0.902. The Morgan fingerprint density at radius 3 is 2.76 bits per heavy atom. The van der Waals surface area contributed by atoms with E-state index in [0.29, 0.717) is 6.54 Å². The van der Waals surface area contributed by atoms with Crippen LogP contribution in [0.4, 0.5) is 5.69 Å². The first-order valence-corrected chi connectivity index (χ1v) is 9.30. The molecular weight excluding hydrogens is 330 g/mol. The van der Waals surface area contributed by atoms with E-state index in [1.807, 2.05) is 51.2 Å². The molecule has 3 rings (SSSR count). The van der Waals surface area contributed by atoms with Crippen molar-refractivity contribution in [3.8, 4) is 0 Å². The fourth-order valence-corrected chi connectivity index (χ4v) is 3.87. The van der Waals surface area contributed by atoms with Gasteiger partial charge in [0.1, 0.15) is 6.04 Å². The van der Waals surface area contributed by atoms with Crippen LogP contribution >= 0.6 is 11.3 Å². The van der Waals surface area contributed by atoms with E-state index in [4.69, 9.17) is 4.98 Å². The summed E-state index contributed by atoms with van der Waals surface area (Å²) in [6.45, 7) is 6.57. The number of hydrogen-bond acceptors (Lipinski definition) is 3. The van der Waals surface area contributed by atoms with Gasteiger partial charge in [-0.3, -0.25) is 4.79 Å². The molecule has 0 aliphatic heterocycles. The predicted molar refractivity (Wildman–Crippen MR) is 104 cm³/mol. The Morgan fingerprint density at radius 1 is 1.24 bits per heavy atom. The van der Waals surface area contributed by atoms with E-state index in [9.17, 15) is 4.79 Å². The van der Waals surface area contributed by atoms with E-state index in [1.165, 1.54) is 4.70 Å². The molecule has 1 unspecified atom stereocenters. The summed E-state index contributed by atoms with van der Waals surface area (Å²) in [5.41, 5.74) is 4.15. The summed E-state index contributed by atoms with van der Waals surface area (Å²) in [6, 6.07) is 14.4. The SMILES string of the molecule is Cc1ccc(C)c(NC(=O)C[NH+](C)[C@H](C)c2nc3ccccc3s2)c1. The van der Waals surface area contributed by atoms with Gasteiger partial charge in [0.2, 0.25) is 0 Å². The molecular formula is C20H24N3OS+. The molecule has 0 bridgehead atoms. The number of rotatable bonds is 5. The second-order valence-corrected chi connectivity index (χ2v) is 7.69. The lowest BCUT2D eigenvalue weighted by Crippen LogP contribution is -3.10. The highest BCUT2D eigenvalue weighted by Gasteiger charge is 2.22. The third-order valence-electron chi connectivity index (χ3n) is 4.53. The molecule has 1 amide bonds. The lowest BCUT2D eigenvalue weighted by Gasteiger charge is -2.19. The van der Waals surface area contributed by atoms with Gasteiger partial charge in [-0.15, -0.1) is 11.3 Å². The quantitative estimate of drug-likeness (QED) is 0.739. The van der Waals surface area contributed by atoms with Gasteiger partial charge in [0.25, 0.3) is 5.91 Å². The van der Waals surface area contributed by atoms with Crippen LogP contribution in [0.2, 0.25) is 0 Å². The first-order valence-electron chi connectivity index (χ1n) is 8.49. The maximum Gasteiger partial charge on any atom is 0.279 e. The average molecular weight is 354 g/mol. The largest absolute Gasteiger partial charge is 0.322 e. The van der Waals surface area contributed by atoms with Crippen LogP contribution in [0.5, 0.6) is 0 Å². The van der Waals surface area contributed by atoms with Crippen LogP contribution in [0, 0.1) is 13.8 Å². The van der Waals surface area contributed by atoms with Gasteiger partial charge in [-0.05, 0) is 50.1 Å². The molecule has 0 aliphatic carbocycles. The number of amides is 1. The van der Waals surface area contributed by atoms with Crippen LogP contribution in [0.1, 0.15) is 29.1 Å². The minimum absolute atomic E-state index is 0.0270. The Kier molecular flexibility index (Phi) is 5.16. The van der Waals surface area contributed by atoms with Crippen molar-refractivity contribution in [1.82, 2.24) is 4.98 Å². The molecule has 2 aromatic carbocycles. The van der Waals surface area contributed by atoms with Crippen molar-refractivity contribution in [1.29, 1.82) is 0 Å². The number of benzene rings is 2. The lowest BCUT2D eigenvalue weighted by atomic mass is 10.1. The van der Waals surface area contributed by atoms with Gasteiger partial charge in [0.15, 0.2) is 11.6 Å². The number of carbonyl (C=O) groups excluding carboxylic acids is 1. The van der Waals surface area contributed by atoms with Gasteiger partial charge in [0, 0.05) is 5.69 Å². The van der Waals surface area contributed by atoms with E-state index in [2.05, 4.69) is 24.4 Å². The second kappa shape index (κ2) is 7.33. The van der Waals surface area contributed by atoms with Gasteiger partial charge in [0.05, 0.1) is 17.3 Å². The summed E-state index contributed by atoms with van der Waals surface area (Å²) in [6.07, 6.45) is 0. The van der Waals surface area contributed by atoms with E-state index in [0.717, 1.165) is 32.2 Å². The maximum atomic E-state index is 12.4. The Bertz CT molecular complexity index is 870. The van der Waals surface area contributed by atoms with Crippen molar-refractivity contribution in [3.63, 3.8) is 0 Å². The monoisotopic (exact) mass is 354 g/mol. The fourth-order valence-electron chi connectivity index (χ4n) is 2.76. The van der Waals surface area contributed by atoms with E-state index in [1.54, 1.807) is 11.3 Å². The van der Waals surface area contributed by atoms with Crippen molar-refractivity contribution in [3.05, 3.63) is 58.6 Å². The van der Waals surface area contributed by atoms with Crippen LogP contribution in [-0.4, -0.2) is 24.5 Å². The third kappa shape index (κ3) is 4.06. The summed E-state index contributed by atoms with van der Waals surface area (Å²) in [5, 5.41) is 4.11. The highest BCUT2D eigenvalue weighted by Crippen LogP contribution is 2.24. The molecule has 0 fully saturated rings. The molecule has 2 atom stereocenters. The Hall–Kier alpha value is -2.24. The number of carbonyl (C=O) groups is 1. The first-order chi connectivity index (χ1) is 11.9. The molecule has 1 heterocycles. The number of nitrogens with one attached hydrogen (secondary N) is 2. The summed E-state index contributed by atoms with van der Waals surface area (Å²) in [4.78, 5) is 18.3. The van der Waals surface area contributed by atoms with Crippen LogP contribution in [0.15, 0.2) is 42.5 Å². The van der Waals surface area contributed by atoms with Gasteiger partial charge < -0.3 is 10.2 Å². The molecule has 0 saturated carbocycles. The van der Waals surface area contributed by atoms with E-state index >= 15 is 0 Å². The normalized spacial score (nSPS) is 13.6. The summed E-state index contributed by atoms with van der Waals surface area (Å²) < 4.78 is 1.19. The van der Waals surface area contributed by atoms with Crippen LogP contribution in [0.25, 0.3) is 10.2 Å². The topological polar surface area (TPSA) is 46.4 Å². The first kappa shape index (κ1) is 17.6. The second-order valence-electron chi connectivity index (χ2n) is 6.63. The fraction of sp³-hybridized carbons (Fsp3) is 0.300. The number of likely N-dealkylation sites (N-methyl/N-ethyl adjacent to an activating group) is 1. The molecule has 130 valence electrons. The smallest absolute Gasteiger partial charge is 0.279 e. The molecule has 4 nitrogen and oxygen atoms in total. The zero-order chi connectivity index (χ0) is 18.0. The van der Waals surface area contributed by atoms with Gasteiger partial charge >= 0.3 is 0 Å². The average Bonchev–Trinajstić information content (AvgIpc) is 3.01. The van der Waals surface area contributed by atoms with E-state index < -0.39 is 0 Å². The number of para-hydroxylation sites is 1. The van der Waals surface area contributed by atoms with Gasteiger partial charge in [-0.25, -0.2) is 4.98 Å². The number of aromatic nitrogens is 1. The molecule has 0 aliphatic rings. The third-order valence-corrected chi connectivity index (χ3v) is 5.75. The highest BCUT2D eigenvalue weighted by molar-refractivity contribution is 7.18. The molecule has 25 heavy (non-hydrogen) atoms. The van der Waals surface area contributed by atoms with Gasteiger partial charge in [-0.2, -0.15) is 0 Å². The van der Waals surface area contributed by atoms with Crippen LogP contribution in [-0.2, 0) is 4.79 Å².